The number of nitrogens with two attached hydrogens (primary N) is 1. The molecule has 0 saturated carbocycles. The first-order chi connectivity index (χ1) is 6.06. The van der Waals surface area contributed by atoms with Gasteiger partial charge >= 0.3 is 0 Å². The third-order valence-corrected chi connectivity index (χ3v) is 2.13. The Labute approximate surface area is 77.0 Å². The standard InChI is InChI=1S/C9H13NO3/c1-6-4-7(11)5-8(10)9(6,12-2)13-3/h4-5H,10H2,1-3H3. The van der Waals surface area contributed by atoms with Crippen molar-refractivity contribution >= 4 is 5.78 Å². The summed E-state index contributed by atoms with van der Waals surface area (Å²) in [6, 6.07) is 0. The van der Waals surface area contributed by atoms with Crippen molar-refractivity contribution in [2.24, 2.45) is 5.73 Å². The number of ether oxygens (including phenoxy) is 2. The highest BCUT2D eigenvalue weighted by Gasteiger charge is 2.38. The third-order valence-electron chi connectivity index (χ3n) is 2.13. The first-order valence-electron chi connectivity index (χ1n) is 3.87. The molecule has 0 saturated heterocycles. The number of ketones is 1. The van der Waals surface area contributed by atoms with E-state index >= 15 is 0 Å². The lowest BCUT2D eigenvalue weighted by Gasteiger charge is -2.33. The molecule has 0 unspecified atom stereocenters. The number of hydrogen-bond donors (Lipinski definition) is 1. The number of methoxy groups -OCH3 is 2. The van der Waals surface area contributed by atoms with Crippen molar-refractivity contribution in [3.63, 3.8) is 0 Å². The smallest absolute Gasteiger partial charge is 0.232 e. The minimum atomic E-state index is -1.06. The quantitative estimate of drug-likeness (QED) is 0.627. The summed E-state index contributed by atoms with van der Waals surface area (Å²) in [6.45, 7) is 1.74. The largest absolute Gasteiger partial charge is 0.397 e. The molecule has 1 aliphatic carbocycles. The minimum absolute atomic E-state index is 0.139. The van der Waals surface area contributed by atoms with Crippen LogP contribution >= 0.6 is 0 Å². The Kier molecular flexibility index (Phi) is 2.54. The van der Waals surface area contributed by atoms with Gasteiger partial charge in [0.2, 0.25) is 5.79 Å². The van der Waals surface area contributed by atoms with E-state index in [4.69, 9.17) is 15.2 Å². The van der Waals surface area contributed by atoms with Crippen LogP contribution in [0.2, 0.25) is 0 Å². The summed E-state index contributed by atoms with van der Waals surface area (Å²) in [5.41, 5.74) is 6.60. The van der Waals surface area contributed by atoms with E-state index in [2.05, 4.69) is 0 Å². The molecule has 0 fully saturated rings. The number of carbonyl (C=O) groups excluding carboxylic acids is 1. The van der Waals surface area contributed by atoms with Crippen LogP contribution in [0.15, 0.2) is 23.4 Å². The van der Waals surface area contributed by atoms with Gasteiger partial charge in [-0.3, -0.25) is 4.79 Å². The van der Waals surface area contributed by atoms with Gasteiger partial charge in [-0.15, -0.1) is 0 Å². The lowest BCUT2D eigenvalue weighted by Crippen LogP contribution is -2.43. The molecule has 1 rings (SSSR count). The molecule has 0 aromatic heterocycles. The molecule has 0 spiro atoms. The second kappa shape index (κ2) is 3.32. The van der Waals surface area contributed by atoms with Gasteiger partial charge in [0.15, 0.2) is 5.78 Å². The van der Waals surface area contributed by atoms with Crippen molar-refractivity contribution in [1.82, 2.24) is 0 Å². The van der Waals surface area contributed by atoms with E-state index < -0.39 is 5.79 Å². The van der Waals surface area contributed by atoms with Crippen LogP contribution in [0.4, 0.5) is 0 Å². The SMILES string of the molecule is COC1(OC)C(C)=CC(=O)C=C1N. The zero-order valence-electron chi connectivity index (χ0n) is 7.96. The molecule has 0 radical (unpaired) electrons. The average Bonchev–Trinajstić information content (AvgIpc) is 2.05. The number of hydrogen-bond acceptors (Lipinski definition) is 4. The van der Waals surface area contributed by atoms with E-state index in [0.717, 1.165) is 0 Å². The Balaban J connectivity index is 3.16. The molecule has 13 heavy (non-hydrogen) atoms. The van der Waals surface area contributed by atoms with Crippen molar-refractivity contribution < 1.29 is 14.3 Å². The van der Waals surface area contributed by atoms with Crippen molar-refractivity contribution in [3.05, 3.63) is 23.4 Å². The van der Waals surface area contributed by atoms with E-state index in [1.165, 1.54) is 26.4 Å². The van der Waals surface area contributed by atoms with Crippen LogP contribution in [-0.4, -0.2) is 25.8 Å². The fraction of sp³-hybridized carbons (Fsp3) is 0.444. The summed E-state index contributed by atoms with van der Waals surface area (Å²) in [5, 5.41) is 0. The van der Waals surface area contributed by atoms with Crippen LogP contribution in [0, 0.1) is 0 Å². The van der Waals surface area contributed by atoms with Crippen molar-refractivity contribution in [2.75, 3.05) is 14.2 Å². The van der Waals surface area contributed by atoms with Gasteiger partial charge in [-0.25, -0.2) is 0 Å². The van der Waals surface area contributed by atoms with Crippen LogP contribution in [0.3, 0.4) is 0 Å². The number of allylic oxidation sites excluding steroid dienone is 2. The second-order valence-electron chi connectivity index (χ2n) is 2.85. The van der Waals surface area contributed by atoms with Crippen LogP contribution in [0.5, 0.6) is 0 Å². The van der Waals surface area contributed by atoms with Gasteiger partial charge in [0.05, 0.1) is 5.70 Å². The molecule has 4 nitrogen and oxygen atoms in total. The van der Waals surface area contributed by atoms with Gasteiger partial charge < -0.3 is 15.2 Å². The molecular formula is C9H13NO3. The van der Waals surface area contributed by atoms with Gasteiger partial charge in [-0.2, -0.15) is 0 Å². The van der Waals surface area contributed by atoms with E-state index in [1.807, 2.05) is 0 Å². The molecule has 0 amide bonds. The van der Waals surface area contributed by atoms with E-state index in [0.29, 0.717) is 5.57 Å². The van der Waals surface area contributed by atoms with Crippen molar-refractivity contribution in [3.8, 4) is 0 Å². The molecule has 4 heteroatoms. The van der Waals surface area contributed by atoms with E-state index in [-0.39, 0.29) is 11.5 Å². The summed E-state index contributed by atoms with van der Waals surface area (Å²) < 4.78 is 10.3. The highest BCUT2D eigenvalue weighted by molar-refractivity contribution is 6.01. The van der Waals surface area contributed by atoms with Crippen LogP contribution < -0.4 is 5.73 Å². The van der Waals surface area contributed by atoms with Crippen LogP contribution in [-0.2, 0) is 14.3 Å². The minimum Gasteiger partial charge on any atom is -0.397 e. The van der Waals surface area contributed by atoms with Gasteiger partial charge in [0.25, 0.3) is 0 Å². The van der Waals surface area contributed by atoms with E-state index in [1.54, 1.807) is 6.92 Å². The van der Waals surface area contributed by atoms with Gasteiger partial charge in [-0.1, -0.05) is 0 Å². The fourth-order valence-corrected chi connectivity index (χ4v) is 1.47. The van der Waals surface area contributed by atoms with E-state index in [9.17, 15) is 4.79 Å². The lowest BCUT2D eigenvalue weighted by molar-refractivity contribution is -0.153. The first-order valence-corrected chi connectivity index (χ1v) is 3.87. The molecule has 0 heterocycles. The molecular weight excluding hydrogens is 170 g/mol. The van der Waals surface area contributed by atoms with Gasteiger partial charge in [-0.05, 0) is 18.6 Å². The van der Waals surface area contributed by atoms with Gasteiger partial charge in [0, 0.05) is 20.3 Å². The molecule has 2 N–H and O–H groups in total. The monoisotopic (exact) mass is 183 g/mol. The maximum Gasteiger partial charge on any atom is 0.232 e. The predicted molar refractivity (Wildman–Crippen MR) is 47.8 cm³/mol. The molecule has 0 aromatic rings. The van der Waals surface area contributed by atoms with Crippen molar-refractivity contribution in [2.45, 2.75) is 12.7 Å². The summed E-state index contributed by atoms with van der Waals surface area (Å²) in [5.74, 6) is -1.20. The fourth-order valence-electron chi connectivity index (χ4n) is 1.47. The molecule has 1 aliphatic rings. The van der Waals surface area contributed by atoms with Crippen LogP contribution in [0.25, 0.3) is 0 Å². The third kappa shape index (κ3) is 1.38. The molecule has 0 aliphatic heterocycles. The Hall–Kier alpha value is -1.13. The van der Waals surface area contributed by atoms with Crippen molar-refractivity contribution in [1.29, 1.82) is 0 Å². The highest BCUT2D eigenvalue weighted by atomic mass is 16.7. The maximum atomic E-state index is 11.1. The Bertz CT molecular complexity index is 263. The molecule has 0 atom stereocenters. The number of carbonyl (C=O) groups is 1. The molecule has 0 aromatic carbocycles. The summed E-state index contributed by atoms with van der Waals surface area (Å²) >= 11 is 0. The zero-order chi connectivity index (χ0) is 10.1. The topological polar surface area (TPSA) is 61.5 Å². The molecule has 72 valence electrons. The molecule has 0 bridgehead atoms. The maximum absolute atomic E-state index is 11.1. The number of rotatable bonds is 2. The summed E-state index contributed by atoms with van der Waals surface area (Å²) in [6.07, 6.45) is 2.75. The average molecular weight is 183 g/mol. The predicted octanol–water partition coefficient (Wildman–Crippen LogP) is 0.347. The highest BCUT2D eigenvalue weighted by Crippen LogP contribution is 2.30. The Morgan fingerprint density at radius 3 is 2.23 bits per heavy atom. The van der Waals surface area contributed by atoms with Gasteiger partial charge in [0.1, 0.15) is 0 Å². The normalized spacial score (nSPS) is 21.0. The summed E-state index contributed by atoms with van der Waals surface area (Å²) in [7, 11) is 2.97. The van der Waals surface area contributed by atoms with Crippen LogP contribution in [0.1, 0.15) is 6.92 Å². The Morgan fingerprint density at radius 1 is 1.31 bits per heavy atom. The first kappa shape index (κ1) is 9.95. The second-order valence-corrected chi connectivity index (χ2v) is 2.85. The summed E-state index contributed by atoms with van der Waals surface area (Å²) in [4.78, 5) is 11.1. The zero-order valence-corrected chi connectivity index (χ0v) is 7.96. The Morgan fingerprint density at radius 2 is 1.85 bits per heavy atom. The lowest BCUT2D eigenvalue weighted by atomic mass is 9.96.